The Bertz CT molecular complexity index is 872. The minimum absolute atomic E-state index is 0. The van der Waals surface area contributed by atoms with Gasteiger partial charge in [0.05, 0.1) is 0 Å². The van der Waals surface area contributed by atoms with E-state index in [0.29, 0.717) is 16.7 Å². The molecule has 0 aliphatic heterocycles. The molecule has 3 rings (SSSR count). The van der Waals surface area contributed by atoms with Crippen LogP contribution >= 0.6 is 0 Å². The molecule has 0 saturated heterocycles. The molecule has 0 atom stereocenters. The molecule has 1 nitrogen and oxygen atoms in total. The van der Waals surface area contributed by atoms with E-state index in [9.17, 15) is 18.0 Å². The molecule has 0 aliphatic rings. The van der Waals surface area contributed by atoms with Crippen LogP contribution in [0.1, 0.15) is 45.9 Å². The summed E-state index contributed by atoms with van der Waals surface area (Å²) in [6, 6.07) is 16.6. The molecule has 4 heteroatoms. The quantitative estimate of drug-likeness (QED) is 0.443. The Kier molecular flexibility index (Phi) is 8.87. The molecular weight excluding hydrogens is 361 g/mol. The Balaban J connectivity index is 0.00000243. The fourth-order valence-corrected chi connectivity index (χ4v) is 3.25. The Morgan fingerprint density at radius 3 is 1.43 bits per heavy atom. The predicted octanol–water partition coefficient (Wildman–Crippen LogP) is 6.94. The lowest BCUT2D eigenvalue weighted by Gasteiger charge is -2.33. The van der Waals surface area contributed by atoms with Crippen LogP contribution in [-0.2, 0) is 10.2 Å². The van der Waals surface area contributed by atoms with Crippen molar-refractivity contribution in [2.45, 2.75) is 34.6 Å². The first-order valence-corrected chi connectivity index (χ1v) is 7.74. The number of Topliss-reactive ketones (excluding diaryl/α,β-unsaturated/α-hetero) is 1. The van der Waals surface area contributed by atoms with Crippen molar-refractivity contribution in [3.05, 3.63) is 107 Å². The molecule has 0 bridgehead atoms. The third-order valence-electron chi connectivity index (χ3n) is 4.32. The van der Waals surface area contributed by atoms with Gasteiger partial charge >= 0.3 is 0 Å². The maximum atomic E-state index is 13.9. The molecule has 150 valence electrons. The number of halogens is 3. The summed E-state index contributed by atoms with van der Waals surface area (Å²) >= 11 is 0. The van der Waals surface area contributed by atoms with Crippen LogP contribution in [0.5, 0.6) is 0 Å². The fourth-order valence-electron chi connectivity index (χ4n) is 3.25. The van der Waals surface area contributed by atoms with Gasteiger partial charge in [0.2, 0.25) is 0 Å². The number of hydrogen-bond donors (Lipinski definition) is 0. The highest BCUT2D eigenvalue weighted by atomic mass is 19.1. The number of benzene rings is 3. The van der Waals surface area contributed by atoms with Crippen molar-refractivity contribution in [3.63, 3.8) is 0 Å². The first kappa shape index (κ1) is 25.1. The second kappa shape index (κ2) is 9.88. The summed E-state index contributed by atoms with van der Waals surface area (Å²) < 4.78 is 41.2. The zero-order valence-corrected chi connectivity index (χ0v) is 13.5. The topological polar surface area (TPSA) is 17.1 Å². The average Bonchev–Trinajstić information content (AvgIpc) is 2.57. The Hall–Kier alpha value is -2.88. The number of carbonyl (C=O) groups is 1. The molecule has 0 heterocycles. The molecular formula is C24H27F3O. The summed E-state index contributed by atoms with van der Waals surface area (Å²) in [5.74, 6) is -1.81. The average molecular weight is 388 g/mol. The lowest BCUT2D eigenvalue weighted by Crippen LogP contribution is -2.37. The zero-order chi connectivity index (χ0) is 18.0. The summed E-state index contributed by atoms with van der Waals surface area (Å²) in [5.41, 5.74) is -0.273. The molecule has 0 fully saturated rings. The highest BCUT2D eigenvalue weighted by Gasteiger charge is 2.41. The Morgan fingerprint density at radius 2 is 1.07 bits per heavy atom. The third-order valence-corrected chi connectivity index (χ3v) is 4.32. The van der Waals surface area contributed by atoms with Gasteiger partial charge in [0.1, 0.15) is 28.6 Å². The second-order valence-electron chi connectivity index (χ2n) is 5.83. The van der Waals surface area contributed by atoms with E-state index in [-0.39, 0.29) is 28.1 Å². The van der Waals surface area contributed by atoms with E-state index in [1.54, 1.807) is 12.1 Å². The van der Waals surface area contributed by atoms with E-state index < -0.39 is 22.9 Å². The molecule has 0 spiro atoms. The number of carbonyl (C=O) groups excluding carboxylic acids is 1. The van der Waals surface area contributed by atoms with E-state index in [1.165, 1.54) is 67.6 Å². The van der Waals surface area contributed by atoms with Gasteiger partial charge in [0.15, 0.2) is 0 Å². The van der Waals surface area contributed by atoms with Crippen molar-refractivity contribution in [1.29, 1.82) is 0 Å². The Morgan fingerprint density at radius 1 is 0.643 bits per heavy atom. The molecule has 0 radical (unpaired) electrons. The number of ketones is 1. The van der Waals surface area contributed by atoms with Crippen molar-refractivity contribution in [2.24, 2.45) is 0 Å². The van der Waals surface area contributed by atoms with E-state index >= 15 is 0 Å². The zero-order valence-electron chi connectivity index (χ0n) is 13.5. The van der Waals surface area contributed by atoms with Crippen molar-refractivity contribution < 1.29 is 18.0 Å². The number of hydrogen-bond acceptors (Lipinski definition) is 1. The third kappa shape index (κ3) is 4.33. The Labute approximate surface area is 165 Å². The summed E-state index contributed by atoms with van der Waals surface area (Å²) in [7, 11) is 0. The smallest absolute Gasteiger partial charge is 0.149 e. The van der Waals surface area contributed by atoms with E-state index in [1.807, 2.05) is 0 Å². The van der Waals surface area contributed by atoms with Crippen molar-refractivity contribution in [2.75, 3.05) is 0 Å². The molecule has 0 aliphatic carbocycles. The molecule has 28 heavy (non-hydrogen) atoms. The van der Waals surface area contributed by atoms with Gasteiger partial charge in [-0.2, -0.15) is 0 Å². The van der Waals surface area contributed by atoms with E-state index in [2.05, 4.69) is 0 Å². The largest absolute Gasteiger partial charge is 0.298 e. The minimum atomic E-state index is -1.43. The van der Waals surface area contributed by atoms with Gasteiger partial charge in [0, 0.05) is 0 Å². The van der Waals surface area contributed by atoms with Crippen LogP contribution in [0.15, 0.2) is 72.8 Å². The monoisotopic (exact) mass is 388 g/mol. The van der Waals surface area contributed by atoms with Crippen LogP contribution in [0.2, 0.25) is 0 Å². The SMILES string of the molecule is C.C.C.CC(=O)C(c1ccc(F)cc1)(c1cccc(F)c1)c1cccc(F)c1. The molecule has 0 N–H and O–H groups in total. The summed E-state index contributed by atoms with van der Waals surface area (Å²) in [4.78, 5) is 12.8. The van der Waals surface area contributed by atoms with Crippen molar-refractivity contribution >= 4 is 5.78 Å². The van der Waals surface area contributed by atoms with Crippen LogP contribution in [-0.4, -0.2) is 5.78 Å². The van der Waals surface area contributed by atoms with Crippen LogP contribution < -0.4 is 0 Å². The minimum Gasteiger partial charge on any atom is -0.298 e. The summed E-state index contributed by atoms with van der Waals surface area (Å²) in [5, 5.41) is 0. The van der Waals surface area contributed by atoms with Gasteiger partial charge in [-0.05, 0) is 60.0 Å². The van der Waals surface area contributed by atoms with Crippen LogP contribution in [0.3, 0.4) is 0 Å². The van der Waals surface area contributed by atoms with Gasteiger partial charge in [-0.15, -0.1) is 0 Å². The second-order valence-corrected chi connectivity index (χ2v) is 5.83. The maximum Gasteiger partial charge on any atom is 0.149 e. The molecule has 0 aromatic heterocycles. The molecule has 3 aromatic carbocycles. The highest BCUT2D eigenvalue weighted by Crippen LogP contribution is 2.40. The lowest BCUT2D eigenvalue weighted by molar-refractivity contribution is -0.119. The molecule has 3 aromatic rings. The first-order chi connectivity index (χ1) is 11.9. The summed E-state index contributed by atoms with van der Waals surface area (Å²) in [6.07, 6.45) is 0. The van der Waals surface area contributed by atoms with Gasteiger partial charge in [0.25, 0.3) is 0 Å². The fraction of sp³-hybridized carbons (Fsp3) is 0.208. The van der Waals surface area contributed by atoms with Crippen LogP contribution in [0.25, 0.3) is 0 Å². The molecule has 0 unspecified atom stereocenters. The van der Waals surface area contributed by atoms with E-state index in [0.717, 1.165) is 0 Å². The summed E-state index contributed by atoms with van der Waals surface area (Å²) in [6.45, 7) is 1.36. The number of rotatable bonds is 4. The molecule has 0 amide bonds. The first-order valence-electron chi connectivity index (χ1n) is 7.74. The van der Waals surface area contributed by atoms with Crippen LogP contribution in [0.4, 0.5) is 13.2 Å². The molecule has 0 saturated carbocycles. The van der Waals surface area contributed by atoms with Crippen molar-refractivity contribution in [3.8, 4) is 0 Å². The highest BCUT2D eigenvalue weighted by molar-refractivity contribution is 5.96. The predicted molar refractivity (Wildman–Crippen MR) is 110 cm³/mol. The van der Waals surface area contributed by atoms with Crippen LogP contribution in [0, 0.1) is 17.5 Å². The van der Waals surface area contributed by atoms with Crippen molar-refractivity contribution in [1.82, 2.24) is 0 Å². The lowest BCUT2D eigenvalue weighted by atomic mass is 9.67. The van der Waals surface area contributed by atoms with Gasteiger partial charge in [-0.1, -0.05) is 58.7 Å². The van der Waals surface area contributed by atoms with Gasteiger partial charge in [-0.25, -0.2) is 13.2 Å². The van der Waals surface area contributed by atoms with Gasteiger partial charge in [-0.3, -0.25) is 4.79 Å². The van der Waals surface area contributed by atoms with Gasteiger partial charge < -0.3 is 0 Å². The standard InChI is InChI=1S/C21H15F3O.3CH4/c1-14(25)21(15-8-10-18(22)11-9-15,16-4-2-6-19(23)12-16)17-5-3-7-20(24)13-17;;;/h2-13H,1H3;3*1H4. The van der Waals surface area contributed by atoms with E-state index in [4.69, 9.17) is 0 Å². The maximum absolute atomic E-state index is 13.9. The normalized spacial score (nSPS) is 10.1.